The second-order valence-electron chi connectivity index (χ2n) is 3.96. The Morgan fingerprint density at radius 2 is 1.76 bits per heavy atom. The average Bonchev–Trinajstić information content (AvgIpc) is 2.43. The van der Waals surface area contributed by atoms with E-state index in [4.69, 9.17) is 0 Å². The third kappa shape index (κ3) is 3.77. The number of nitrogens with zero attached hydrogens (tertiary/aromatic N) is 1. The molecule has 0 saturated carbocycles. The molecule has 0 aliphatic carbocycles. The summed E-state index contributed by atoms with van der Waals surface area (Å²) in [5.41, 5.74) is 0.834. The van der Waals surface area contributed by atoms with Crippen LogP contribution in [-0.4, -0.2) is 20.4 Å². The molecule has 0 spiro atoms. The van der Waals surface area contributed by atoms with Gasteiger partial charge in [0, 0.05) is 26.7 Å². The fourth-order valence-corrected chi connectivity index (χ4v) is 5.58. The van der Waals surface area contributed by atoms with E-state index in [0.717, 1.165) is 4.47 Å². The molecule has 2 rings (SSSR count). The van der Waals surface area contributed by atoms with Crippen molar-refractivity contribution in [1.82, 2.24) is 4.98 Å². The molecule has 0 aliphatic rings. The molecule has 0 bridgehead atoms. The number of sulfonamides is 1. The summed E-state index contributed by atoms with van der Waals surface area (Å²) >= 11 is 10.0. The van der Waals surface area contributed by atoms with Gasteiger partial charge in [0.25, 0.3) is 10.0 Å². The van der Waals surface area contributed by atoms with Gasteiger partial charge in [0.1, 0.15) is 0 Å². The normalized spacial score (nSPS) is 11.2. The lowest BCUT2D eigenvalue weighted by Crippen LogP contribution is -2.17. The summed E-state index contributed by atoms with van der Waals surface area (Å²) in [7, 11) is -2.17. The first-order valence-electron chi connectivity index (χ1n) is 5.65. The number of benzene rings is 1. The summed E-state index contributed by atoms with van der Waals surface area (Å²) in [5.74, 6) is 0. The summed E-state index contributed by atoms with van der Waals surface area (Å²) in [6.07, 6.45) is 1.43. The van der Waals surface area contributed by atoms with E-state index in [1.807, 2.05) is 0 Å². The largest absolute Gasteiger partial charge is 0.386 e. The van der Waals surface area contributed by atoms with Gasteiger partial charge in [-0.1, -0.05) is 15.9 Å². The topological polar surface area (TPSA) is 71.1 Å². The molecule has 0 unspecified atom stereocenters. The van der Waals surface area contributed by atoms with Crippen LogP contribution in [0.4, 0.5) is 11.4 Å². The number of anilines is 2. The van der Waals surface area contributed by atoms with Crippen LogP contribution < -0.4 is 10.0 Å². The molecule has 1 heterocycles. The molecular formula is C12H10Br3N3O2S. The highest BCUT2D eigenvalue weighted by molar-refractivity contribution is 9.11. The monoisotopic (exact) mass is 497 g/mol. The standard InChI is InChI=1S/C12H10Br3N3O2S/c1-16-10-3-2-4-17-12(10)21(19,20)18-11-8(14)5-7(13)6-9(11)15/h2-6,16,18H,1H3. The van der Waals surface area contributed by atoms with Gasteiger partial charge in [0.05, 0.1) is 11.4 Å². The molecule has 0 amide bonds. The zero-order valence-electron chi connectivity index (χ0n) is 10.7. The van der Waals surface area contributed by atoms with Crippen molar-refractivity contribution in [2.75, 3.05) is 17.1 Å². The molecule has 2 aromatic rings. The van der Waals surface area contributed by atoms with E-state index in [0.29, 0.717) is 20.3 Å². The fourth-order valence-electron chi connectivity index (χ4n) is 1.62. The van der Waals surface area contributed by atoms with E-state index in [1.54, 1.807) is 31.3 Å². The Bertz CT molecular complexity index is 758. The third-order valence-electron chi connectivity index (χ3n) is 2.54. The maximum absolute atomic E-state index is 12.5. The van der Waals surface area contributed by atoms with Crippen molar-refractivity contribution < 1.29 is 8.42 Å². The van der Waals surface area contributed by atoms with Crippen molar-refractivity contribution in [3.63, 3.8) is 0 Å². The van der Waals surface area contributed by atoms with Crippen molar-refractivity contribution in [2.45, 2.75) is 5.03 Å². The Hall–Kier alpha value is -0.640. The van der Waals surface area contributed by atoms with Gasteiger partial charge in [-0.15, -0.1) is 0 Å². The van der Waals surface area contributed by atoms with E-state index in [9.17, 15) is 8.42 Å². The van der Waals surface area contributed by atoms with Gasteiger partial charge in [-0.25, -0.2) is 4.98 Å². The molecule has 21 heavy (non-hydrogen) atoms. The summed E-state index contributed by atoms with van der Waals surface area (Å²) in [5, 5.41) is 2.75. The minimum absolute atomic E-state index is 0.0609. The van der Waals surface area contributed by atoms with E-state index >= 15 is 0 Å². The smallest absolute Gasteiger partial charge is 0.281 e. The van der Waals surface area contributed by atoms with Crippen LogP contribution in [0.5, 0.6) is 0 Å². The molecular weight excluding hydrogens is 490 g/mol. The summed E-state index contributed by atoms with van der Waals surface area (Å²) in [6, 6.07) is 6.81. The molecule has 2 N–H and O–H groups in total. The van der Waals surface area contributed by atoms with Gasteiger partial charge in [0.2, 0.25) is 0 Å². The van der Waals surface area contributed by atoms with Crippen molar-refractivity contribution in [1.29, 1.82) is 0 Å². The molecule has 0 radical (unpaired) electrons. The molecule has 1 aromatic heterocycles. The van der Waals surface area contributed by atoms with E-state index in [-0.39, 0.29) is 5.03 Å². The average molecular weight is 500 g/mol. The number of nitrogens with one attached hydrogen (secondary N) is 2. The Labute approximate surface area is 148 Å². The molecule has 1 aromatic carbocycles. The number of aromatic nitrogens is 1. The van der Waals surface area contributed by atoms with Gasteiger partial charge < -0.3 is 5.32 Å². The van der Waals surface area contributed by atoms with Crippen LogP contribution in [-0.2, 0) is 10.0 Å². The molecule has 0 atom stereocenters. The van der Waals surface area contributed by atoms with Gasteiger partial charge in [-0.2, -0.15) is 8.42 Å². The first-order chi connectivity index (χ1) is 9.85. The first-order valence-corrected chi connectivity index (χ1v) is 9.51. The zero-order valence-corrected chi connectivity index (χ0v) is 16.3. The SMILES string of the molecule is CNc1cccnc1S(=O)(=O)Nc1c(Br)cc(Br)cc1Br. The van der Waals surface area contributed by atoms with Gasteiger partial charge >= 0.3 is 0 Å². The summed E-state index contributed by atoms with van der Waals surface area (Å²) < 4.78 is 29.6. The Morgan fingerprint density at radius 1 is 1.14 bits per heavy atom. The summed E-state index contributed by atoms with van der Waals surface area (Å²) in [4.78, 5) is 3.94. The fraction of sp³-hybridized carbons (Fsp3) is 0.0833. The highest BCUT2D eigenvalue weighted by Crippen LogP contribution is 2.36. The van der Waals surface area contributed by atoms with Gasteiger partial charge in [0.15, 0.2) is 5.03 Å². The second-order valence-corrected chi connectivity index (χ2v) is 8.18. The lowest BCUT2D eigenvalue weighted by atomic mass is 10.3. The summed E-state index contributed by atoms with van der Waals surface area (Å²) in [6.45, 7) is 0. The van der Waals surface area contributed by atoms with Crippen molar-refractivity contribution in [2.24, 2.45) is 0 Å². The van der Waals surface area contributed by atoms with Crippen molar-refractivity contribution in [3.05, 3.63) is 43.9 Å². The quantitative estimate of drug-likeness (QED) is 0.661. The molecule has 9 heteroatoms. The highest BCUT2D eigenvalue weighted by atomic mass is 79.9. The maximum atomic E-state index is 12.5. The lowest BCUT2D eigenvalue weighted by Gasteiger charge is -2.13. The zero-order chi connectivity index (χ0) is 15.6. The number of hydrogen-bond acceptors (Lipinski definition) is 4. The Kier molecular flexibility index (Phi) is 5.29. The minimum atomic E-state index is -3.81. The maximum Gasteiger partial charge on any atom is 0.281 e. The lowest BCUT2D eigenvalue weighted by molar-refractivity contribution is 0.598. The van der Waals surface area contributed by atoms with Crippen LogP contribution in [0.1, 0.15) is 0 Å². The van der Waals surface area contributed by atoms with Crippen molar-refractivity contribution >= 4 is 69.2 Å². The van der Waals surface area contributed by atoms with E-state index in [1.165, 1.54) is 6.20 Å². The number of pyridine rings is 1. The molecule has 0 aliphatic heterocycles. The molecule has 0 saturated heterocycles. The number of hydrogen-bond donors (Lipinski definition) is 2. The molecule has 0 fully saturated rings. The van der Waals surface area contributed by atoms with Crippen LogP contribution in [0.3, 0.4) is 0 Å². The molecule has 5 nitrogen and oxygen atoms in total. The van der Waals surface area contributed by atoms with Crippen LogP contribution >= 0.6 is 47.8 Å². The number of rotatable bonds is 4. The van der Waals surface area contributed by atoms with Gasteiger partial charge in [-0.05, 0) is 56.1 Å². The van der Waals surface area contributed by atoms with E-state index in [2.05, 4.69) is 62.8 Å². The highest BCUT2D eigenvalue weighted by Gasteiger charge is 2.22. The van der Waals surface area contributed by atoms with Crippen molar-refractivity contribution in [3.8, 4) is 0 Å². The Balaban J connectivity index is 2.48. The van der Waals surface area contributed by atoms with Crippen LogP contribution in [0, 0.1) is 0 Å². The number of halogens is 3. The predicted molar refractivity (Wildman–Crippen MR) is 94.1 cm³/mol. The predicted octanol–water partition coefficient (Wildman–Crippen LogP) is 4.21. The first kappa shape index (κ1) is 16.7. The third-order valence-corrected chi connectivity index (χ3v) is 5.55. The second kappa shape index (κ2) is 6.64. The van der Waals surface area contributed by atoms with Crippen LogP contribution in [0.25, 0.3) is 0 Å². The Morgan fingerprint density at radius 3 is 2.33 bits per heavy atom. The van der Waals surface area contributed by atoms with Crippen LogP contribution in [0.15, 0.2) is 48.9 Å². The minimum Gasteiger partial charge on any atom is -0.386 e. The van der Waals surface area contributed by atoms with Gasteiger partial charge in [-0.3, -0.25) is 4.72 Å². The molecule has 112 valence electrons. The van der Waals surface area contributed by atoms with E-state index < -0.39 is 10.0 Å². The van der Waals surface area contributed by atoms with Crippen LogP contribution in [0.2, 0.25) is 0 Å².